The van der Waals surface area contributed by atoms with E-state index in [2.05, 4.69) is 4.99 Å². The number of nitrogens with zero attached hydrogens (tertiary/aromatic N) is 2. The van der Waals surface area contributed by atoms with Gasteiger partial charge in [-0.05, 0) is 62.2 Å². The highest BCUT2D eigenvalue weighted by atomic mass is 32.1. The van der Waals surface area contributed by atoms with Crippen LogP contribution in [0, 0.1) is 0 Å². The van der Waals surface area contributed by atoms with Crippen LogP contribution in [0.1, 0.15) is 37.9 Å². The number of ether oxygens (including phenoxy) is 4. The molecule has 2 heterocycles. The fraction of sp³-hybridized carbons (Fsp3) is 0.296. The van der Waals surface area contributed by atoms with Crippen LogP contribution in [0.3, 0.4) is 0 Å². The molecule has 1 unspecified atom stereocenters. The summed E-state index contributed by atoms with van der Waals surface area (Å²) in [6, 6.07) is 9.66. The summed E-state index contributed by atoms with van der Waals surface area (Å²) in [5.41, 5.74) is 1.76. The van der Waals surface area contributed by atoms with Crippen molar-refractivity contribution in [1.29, 1.82) is 0 Å². The average molecular weight is 525 g/mol. The summed E-state index contributed by atoms with van der Waals surface area (Å²) in [6.07, 6.45) is 1.33. The molecule has 194 valence electrons. The molecule has 1 aromatic heterocycles. The van der Waals surface area contributed by atoms with E-state index in [0.29, 0.717) is 37.5 Å². The molecule has 4 rings (SSSR count). The predicted octanol–water partition coefficient (Wildman–Crippen LogP) is 2.92. The normalized spacial score (nSPS) is 15.3. The molecule has 0 saturated heterocycles. The number of methoxy groups -OCH3 is 3. The molecule has 1 aliphatic heterocycles. The van der Waals surface area contributed by atoms with Gasteiger partial charge in [0.25, 0.3) is 5.56 Å². The summed E-state index contributed by atoms with van der Waals surface area (Å²) in [7, 11) is 4.43. The number of aromatic hydroxyl groups is 1. The molecule has 1 N–H and O–H groups in total. The number of phenolic OH excluding ortho intramolecular Hbond substituents is 1. The number of phenols is 1. The molecule has 1 atom stereocenters. The van der Waals surface area contributed by atoms with Crippen molar-refractivity contribution in [3.05, 3.63) is 78.5 Å². The lowest BCUT2D eigenvalue weighted by molar-refractivity contribution is -0.143. The number of thiazole rings is 1. The van der Waals surface area contributed by atoms with Gasteiger partial charge in [0.15, 0.2) is 16.3 Å². The van der Waals surface area contributed by atoms with Gasteiger partial charge in [0.1, 0.15) is 5.75 Å². The highest BCUT2D eigenvalue weighted by molar-refractivity contribution is 7.07. The Morgan fingerprint density at radius 3 is 2.24 bits per heavy atom. The van der Waals surface area contributed by atoms with Gasteiger partial charge in [0.2, 0.25) is 5.75 Å². The van der Waals surface area contributed by atoms with Crippen molar-refractivity contribution >= 4 is 23.4 Å². The van der Waals surface area contributed by atoms with Gasteiger partial charge < -0.3 is 24.1 Å². The zero-order valence-corrected chi connectivity index (χ0v) is 22.2. The third kappa shape index (κ3) is 4.97. The Morgan fingerprint density at radius 2 is 1.70 bits per heavy atom. The van der Waals surface area contributed by atoms with Crippen molar-refractivity contribution < 1.29 is 28.8 Å². The fourth-order valence-electron chi connectivity index (χ4n) is 4.11. The van der Waals surface area contributed by atoms with Crippen molar-refractivity contribution in [2.24, 2.45) is 4.99 Å². The number of hydrogen-bond acceptors (Lipinski definition) is 9. The van der Waals surface area contributed by atoms with Crippen LogP contribution >= 0.6 is 11.3 Å². The Bertz CT molecular complexity index is 1520. The summed E-state index contributed by atoms with van der Waals surface area (Å²) in [5.74, 6) is 0.415. The van der Waals surface area contributed by atoms with E-state index >= 15 is 0 Å². The van der Waals surface area contributed by atoms with Crippen LogP contribution < -0.4 is 29.1 Å². The molecule has 37 heavy (non-hydrogen) atoms. The Kier molecular flexibility index (Phi) is 7.40. The minimum Gasteiger partial charge on any atom is -0.502 e. The van der Waals surface area contributed by atoms with E-state index in [1.54, 1.807) is 58.2 Å². The van der Waals surface area contributed by atoms with Crippen molar-refractivity contribution in [2.75, 3.05) is 21.3 Å². The van der Waals surface area contributed by atoms with E-state index in [9.17, 15) is 14.7 Å². The maximum absolute atomic E-state index is 13.8. The number of esters is 1. The predicted molar refractivity (Wildman–Crippen MR) is 139 cm³/mol. The Morgan fingerprint density at radius 1 is 1.08 bits per heavy atom. The summed E-state index contributed by atoms with van der Waals surface area (Å²) >= 11 is 1.20. The Balaban J connectivity index is 1.94. The first-order chi connectivity index (χ1) is 17.7. The van der Waals surface area contributed by atoms with Crippen LogP contribution in [-0.4, -0.2) is 43.1 Å². The van der Waals surface area contributed by atoms with E-state index in [-0.39, 0.29) is 28.9 Å². The van der Waals surface area contributed by atoms with E-state index < -0.39 is 12.0 Å². The second-order valence-electron chi connectivity index (χ2n) is 8.58. The summed E-state index contributed by atoms with van der Waals surface area (Å²) in [4.78, 5) is 32.0. The van der Waals surface area contributed by atoms with Gasteiger partial charge in [-0.1, -0.05) is 23.5 Å². The third-order valence-corrected chi connectivity index (χ3v) is 6.80. The number of hydrogen-bond donors (Lipinski definition) is 1. The third-order valence-electron chi connectivity index (χ3n) is 5.82. The first kappa shape index (κ1) is 26.0. The zero-order chi connectivity index (χ0) is 26.9. The van der Waals surface area contributed by atoms with Gasteiger partial charge in [0.05, 0.1) is 49.3 Å². The van der Waals surface area contributed by atoms with E-state index in [1.807, 2.05) is 12.1 Å². The zero-order valence-electron chi connectivity index (χ0n) is 21.4. The smallest absolute Gasteiger partial charge is 0.338 e. The second-order valence-corrected chi connectivity index (χ2v) is 9.59. The summed E-state index contributed by atoms with van der Waals surface area (Å²) < 4.78 is 23.2. The van der Waals surface area contributed by atoms with Gasteiger partial charge in [-0.25, -0.2) is 9.79 Å². The standard InChI is InChI=1S/C27H28N2O7S/c1-14(2)36-26(32)22-15(3)28-27-29(23(22)17-7-9-18(33-4)10-8-17)25(31)21(37-27)13-16-11-19(34-5)24(30)20(12-16)35-6/h7-14,23,30H,1-6H3/b21-13+. The molecule has 2 aromatic carbocycles. The van der Waals surface area contributed by atoms with Gasteiger partial charge in [-0.3, -0.25) is 9.36 Å². The van der Waals surface area contributed by atoms with Crippen LogP contribution in [0.15, 0.2) is 57.5 Å². The molecule has 0 bridgehead atoms. The number of allylic oxidation sites excluding steroid dienone is 1. The molecular weight excluding hydrogens is 496 g/mol. The molecule has 9 nitrogen and oxygen atoms in total. The molecule has 0 amide bonds. The Labute approximate surface area is 217 Å². The lowest BCUT2D eigenvalue weighted by Gasteiger charge is -2.25. The number of benzene rings is 2. The maximum Gasteiger partial charge on any atom is 0.338 e. The van der Waals surface area contributed by atoms with Crippen molar-refractivity contribution in [3.8, 4) is 23.0 Å². The molecular formula is C27H28N2O7S. The largest absolute Gasteiger partial charge is 0.502 e. The first-order valence-corrected chi connectivity index (χ1v) is 12.3. The van der Waals surface area contributed by atoms with Crippen molar-refractivity contribution in [1.82, 2.24) is 4.57 Å². The molecule has 0 saturated carbocycles. The summed E-state index contributed by atoms with van der Waals surface area (Å²) in [5, 5.41) is 10.2. The maximum atomic E-state index is 13.8. The fourth-order valence-corrected chi connectivity index (χ4v) is 5.16. The number of rotatable bonds is 7. The number of aromatic nitrogens is 1. The number of carbonyl (C=O) groups excluding carboxylic acids is 1. The molecule has 0 aliphatic carbocycles. The highest BCUT2D eigenvalue weighted by Crippen LogP contribution is 2.37. The van der Waals surface area contributed by atoms with Crippen molar-refractivity contribution in [3.63, 3.8) is 0 Å². The van der Waals surface area contributed by atoms with Crippen LogP contribution in [0.2, 0.25) is 0 Å². The van der Waals surface area contributed by atoms with Crippen LogP contribution in [-0.2, 0) is 9.53 Å². The van der Waals surface area contributed by atoms with Gasteiger partial charge in [0, 0.05) is 0 Å². The minimum atomic E-state index is -0.737. The number of carbonyl (C=O) groups is 1. The van der Waals surface area contributed by atoms with E-state index in [0.717, 1.165) is 0 Å². The lowest BCUT2D eigenvalue weighted by Crippen LogP contribution is -2.40. The average Bonchev–Trinajstić information content (AvgIpc) is 3.17. The molecule has 3 aromatic rings. The minimum absolute atomic E-state index is 0.132. The summed E-state index contributed by atoms with van der Waals surface area (Å²) in [6.45, 7) is 5.28. The SMILES string of the molecule is COc1ccc(C2C(C(=O)OC(C)C)=C(C)N=c3s/c(=C/c4cc(OC)c(O)c(OC)c4)c(=O)n32)cc1. The van der Waals surface area contributed by atoms with Gasteiger partial charge in [-0.15, -0.1) is 0 Å². The molecule has 0 radical (unpaired) electrons. The van der Waals surface area contributed by atoms with Crippen LogP contribution in [0.25, 0.3) is 6.08 Å². The monoisotopic (exact) mass is 524 g/mol. The van der Waals surface area contributed by atoms with Crippen molar-refractivity contribution in [2.45, 2.75) is 32.9 Å². The molecule has 10 heteroatoms. The van der Waals surface area contributed by atoms with Crippen LogP contribution in [0.5, 0.6) is 23.0 Å². The molecule has 0 fully saturated rings. The molecule has 1 aliphatic rings. The van der Waals surface area contributed by atoms with Gasteiger partial charge >= 0.3 is 5.97 Å². The van der Waals surface area contributed by atoms with Gasteiger partial charge in [-0.2, -0.15) is 0 Å². The number of fused-ring (bicyclic) bond motifs is 1. The van der Waals surface area contributed by atoms with E-state index in [1.165, 1.54) is 30.1 Å². The lowest BCUT2D eigenvalue weighted by atomic mass is 9.96. The first-order valence-electron chi connectivity index (χ1n) is 11.5. The van der Waals surface area contributed by atoms with Crippen LogP contribution in [0.4, 0.5) is 0 Å². The highest BCUT2D eigenvalue weighted by Gasteiger charge is 2.33. The second kappa shape index (κ2) is 10.5. The topological polar surface area (TPSA) is 109 Å². The Hall–Kier alpha value is -4.05. The van der Waals surface area contributed by atoms with E-state index in [4.69, 9.17) is 18.9 Å². The molecule has 0 spiro atoms. The quantitative estimate of drug-likeness (QED) is 0.474.